The highest BCUT2D eigenvalue weighted by molar-refractivity contribution is 5.83. The Hall–Kier alpha value is -1.30. The minimum atomic E-state index is -0.965. The van der Waals surface area contributed by atoms with E-state index >= 15 is 0 Å². The van der Waals surface area contributed by atoms with Gasteiger partial charge in [0.05, 0.1) is 6.10 Å². The molecule has 0 radical (unpaired) electrons. The van der Waals surface area contributed by atoms with E-state index in [1.165, 1.54) is 4.90 Å². The molecule has 19 heavy (non-hydrogen) atoms. The van der Waals surface area contributed by atoms with E-state index in [1.807, 2.05) is 20.8 Å². The molecule has 0 aromatic carbocycles. The Kier molecular flexibility index (Phi) is 5.60. The number of carboxylic acid groups (broad SMARTS) is 1. The van der Waals surface area contributed by atoms with Gasteiger partial charge in [0.2, 0.25) is 0 Å². The number of carboxylic acids is 1. The predicted molar refractivity (Wildman–Crippen MR) is 71.1 cm³/mol. The van der Waals surface area contributed by atoms with Gasteiger partial charge in [-0.3, -0.25) is 0 Å². The fourth-order valence-corrected chi connectivity index (χ4v) is 2.39. The molecule has 2 amide bonds. The van der Waals surface area contributed by atoms with E-state index in [9.17, 15) is 14.7 Å². The van der Waals surface area contributed by atoms with Gasteiger partial charge in [0.1, 0.15) is 6.04 Å². The number of urea groups is 1. The lowest BCUT2D eigenvalue weighted by molar-refractivity contribution is -0.141. The molecular formula is C13H24N2O4. The molecule has 1 rings (SSSR count). The van der Waals surface area contributed by atoms with Crippen LogP contribution in [-0.2, 0) is 9.53 Å². The van der Waals surface area contributed by atoms with Gasteiger partial charge in [-0.05, 0) is 20.3 Å². The molecule has 1 aliphatic rings. The molecule has 1 aliphatic heterocycles. The van der Waals surface area contributed by atoms with Crippen molar-refractivity contribution in [1.82, 2.24) is 9.80 Å². The van der Waals surface area contributed by atoms with Gasteiger partial charge >= 0.3 is 12.0 Å². The molecule has 0 saturated carbocycles. The summed E-state index contributed by atoms with van der Waals surface area (Å²) in [7, 11) is 1.55. The quantitative estimate of drug-likeness (QED) is 0.821. The molecule has 0 aromatic rings. The zero-order chi connectivity index (χ0) is 14.6. The van der Waals surface area contributed by atoms with E-state index < -0.39 is 12.0 Å². The molecule has 6 nitrogen and oxygen atoms in total. The number of hydrogen-bond donors (Lipinski definition) is 1. The Bertz CT molecular complexity index is 333. The zero-order valence-electron chi connectivity index (χ0n) is 12.1. The Morgan fingerprint density at radius 2 is 2.11 bits per heavy atom. The summed E-state index contributed by atoms with van der Waals surface area (Å²) >= 11 is 0. The normalized spacial score (nSPS) is 22.9. The van der Waals surface area contributed by atoms with Crippen LogP contribution in [0.4, 0.5) is 4.79 Å². The van der Waals surface area contributed by atoms with Gasteiger partial charge in [0.25, 0.3) is 0 Å². The van der Waals surface area contributed by atoms with Gasteiger partial charge in [-0.1, -0.05) is 6.92 Å². The second-order valence-electron chi connectivity index (χ2n) is 5.17. The second-order valence-corrected chi connectivity index (χ2v) is 5.17. The fourth-order valence-electron chi connectivity index (χ4n) is 2.39. The van der Waals surface area contributed by atoms with Gasteiger partial charge in [-0.2, -0.15) is 0 Å². The molecule has 0 aromatic heterocycles. The number of carbonyl (C=O) groups is 2. The van der Waals surface area contributed by atoms with Crippen molar-refractivity contribution < 1.29 is 19.4 Å². The number of methoxy groups -OCH3 is 1. The van der Waals surface area contributed by atoms with E-state index in [1.54, 1.807) is 12.0 Å². The number of likely N-dealkylation sites (tertiary alicyclic amines) is 1. The van der Waals surface area contributed by atoms with Gasteiger partial charge in [0, 0.05) is 32.7 Å². The first-order chi connectivity index (χ1) is 8.92. The van der Waals surface area contributed by atoms with Crippen molar-refractivity contribution in [3.8, 4) is 0 Å². The number of aliphatic carboxylic acids is 1. The summed E-state index contributed by atoms with van der Waals surface area (Å²) in [6.45, 7) is 6.86. The molecule has 1 fully saturated rings. The molecule has 110 valence electrons. The van der Waals surface area contributed by atoms with E-state index in [0.717, 1.165) is 6.42 Å². The van der Waals surface area contributed by atoms with Crippen molar-refractivity contribution in [3.63, 3.8) is 0 Å². The number of amides is 2. The highest BCUT2D eigenvalue weighted by Crippen LogP contribution is 2.22. The third kappa shape index (κ3) is 3.59. The fraction of sp³-hybridized carbons (Fsp3) is 0.846. The van der Waals surface area contributed by atoms with Crippen molar-refractivity contribution in [2.45, 2.75) is 51.8 Å². The van der Waals surface area contributed by atoms with Crippen molar-refractivity contribution in [2.24, 2.45) is 0 Å². The summed E-state index contributed by atoms with van der Waals surface area (Å²) in [5.74, 6) is -0.965. The van der Waals surface area contributed by atoms with E-state index in [-0.39, 0.29) is 18.2 Å². The van der Waals surface area contributed by atoms with E-state index in [4.69, 9.17) is 4.74 Å². The summed E-state index contributed by atoms with van der Waals surface area (Å²) < 4.78 is 5.20. The number of rotatable bonds is 5. The minimum Gasteiger partial charge on any atom is -0.480 e. The van der Waals surface area contributed by atoms with Gasteiger partial charge in [-0.25, -0.2) is 9.59 Å². The van der Waals surface area contributed by atoms with Gasteiger partial charge < -0.3 is 19.6 Å². The lowest BCUT2D eigenvalue weighted by Crippen LogP contribution is -2.50. The summed E-state index contributed by atoms with van der Waals surface area (Å²) in [6, 6.07) is -0.928. The molecule has 2 unspecified atom stereocenters. The van der Waals surface area contributed by atoms with E-state index in [2.05, 4.69) is 0 Å². The lowest BCUT2D eigenvalue weighted by atomic mass is 10.2. The number of hydrogen-bond acceptors (Lipinski definition) is 3. The predicted octanol–water partition coefficient (Wildman–Crippen LogP) is 1.40. The van der Waals surface area contributed by atoms with Crippen molar-refractivity contribution >= 4 is 12.0 Å². The van der Waals surface area contributed by atoms with Crippen LogP contribution in [-0.4, -0.2) is 65.3 Å². The number of nitrogens with zero attached hydrogens (tertiary/aromatic N) is 2. The highest BCUT2D eigenvalue weighted by Gasteiger charge is 2.41. The van der Waals surface area contributed by atoms with Crippen LogP contribution >= 0.6 is 0 Å². The number of carbonyl (C=O) groups excluding carboxylic acids is 1. The molecule has 1 saturated heterocycles. The summed E-state index contributed by atoms with van der Waals surface area (Å²) in [5.41, 5.74) is 0. The highest BCUT2D eigenvalue weighted by atomic mass is 16.5. The lowest BCUT2D eigenvalue weighted by Gasteiger charge is -2.32. The van der Waals surface area contributed by atoms with Gasteiger partial charge in [0.15, 0.2) is 0 Å². The second kappa shape index (κ2) is 6.75. The first kappa shape index (κ1) is 15.8. The summed E-state index contributed by atoms with van der Waals surface area (Å²) in [6.07, 6.45) is 1.01. The SMILES string of the molecule is CCCN(C(=O)N1CC(OC)CC1C(=O)O)C(C)C. The van der Waals surface area contributed by atoms with E-state index in [0.29, 0.717) is 19.5 Å². The van der Waals surface area contributed by atoms with Crippen molar-refractivity contribution in [3.05, 3.63) is 0 Å². The topological polar surface area (TPSA) is 70.1 Å². The monoisotopic (exact) mass is 272 g/mol. The largest absolute Gasteiger partial charge is 0.480 e. The van der Waals surface area contributed by atoms with Crippen LogP contribution in [0, 0.1) is 0 Å². The van der Waals surface area contributed by atoms with Gasteiger partial charge in [-0.15, -0.1) is 0 Å². The Morgan fingerprint density at radius 1 is 1.47 bits per heavy atom. The first-order valence-corrected chi connectivity index (χ1v) is 6.75. The standard InChI is InChI=1S/C13H24N2O4/c1-5-6-14(9(2)3)13(18)15-8-10(19-4)7-11(15)12(16)17/h9-11H,5-8H2,1-4H3,(H,16,17). The van der Waals surface area contributed by atoms with Crippen LogP contribution in [0.25, 0.3) is 0 Å². The molecular weight excluding hydrogens is 248 g/mol. The number of ether oxygens (including phenoxy) is 1. The molecule has 1 heterocycles. The Labute approximate surface area is 114 Å². The third-order valence-electron chi connectivity index (χ3n) is 3.46. The molecule has 0 aliphatic carbocycles. The Balaban J connectivity index is 2.85. The molecule has 1 N–H and O–H groups in total. The van der Waals surface area contributed by atoms with Crippen molar-refractivity contribution in [2.75, 3.05) is 20.2 Å². The maximum atomic E-state index is 12.5. The third-order valence-corrected chi connectivity index (χ3v) is 3.46. The minimum absolute atomic E-state index is 0.0588. The Morgan fingerprint density at radius 3 is 2.53 bits per heavy atom. The summed E-state index contributed by atoms with van der Waals surface area (Å²) in [4.78, 5) is 26.9. The zero-order valence-corrected chi connectivity index (χ0v) is 12.1. The molecule has 0 spiro atoms. The summed E-state index contributed by atoms with van der Waals surface area (Å²) in [5, 5.41) is 9.23. The smallest absolute Gasteiger partial charge is 0.326 e. The average molecular weight is 272 g/mol. The average Bonchev–Trinajstić information content (AvgIpc) is 2.79. The van der Waals surface area contributed by atoms with Crippen molar-refractivity contribution in [1.29, 1.82) is 0 Å². The van der Waals surface area contributed by atoms with Crippen LogP contribution in [0.1, 0.15) is 33.6 Å². The molecule has 0 bridgehead atoms. The van der Waals surface area contributed by atoms with Crippen LogP contribution in [0.2, 0.25) is 0 Å². The maximum Gasteiger partial charge on any atom is 0.326 e. The van der Waals surface area contributed by atoms with Crippen LogP contribution in [0.5, 0.6) is 0 Å². The molecule has 2 atom stereocenters. The maximum absolute atomic E-state index is 12.5. The molecule has 6 heteroatoms. The van der Waals surface area contributed by atoms with Crippen LogP contribution in [0.15, 0.2) is 0 Å². The first-order valence-electron chi connectivity index (χ1n) is 6.75. The van der Waals surface area contributed by atoms with Crippen LogP contribution in [0.3, 0.4) is 0 Å². The van der Waals surface area contributed by atoms with Crippen LogP contribution < -0.4 is 0 Å².